The molecule has 0 saturated heterocycles. The zero-order valence-electron chi connectivity index (χ0n) is 13.6. The van der Waals surface area contributed by atoms with E-state index in [1.54, 1.807) is 10.9 Å². The molecule has 7 nitrogen and oxygen atoms in total. The second kappa shape index (κ2) is 7.56. The van der Waals surface area contributed by atoms with Crippen molar-refractivity contribution in [1.82, 2.24) is 9.78 Å². The van der Waals surface area contributed by atoms with Crippen LogP contribution in [0.1, 0.15) is 12.0 Å². The molecule has 0 radical (unpaired) electrons. The molecule has 2 aromatic carbocycles. The predicted octanol–water partition coefficient (Wildman–Crippen LogP) is 3.49. The Morgan fingerprint density at radius 2 is 2.00 bits per heavy atom. The zero-order valence-corrected chi connectivity index (χ0v) is 13.6. The van der Waals surface area contributed by atoms with E-state index >= 15 is 0 Å². The van der Waals surface area contributed by atoms with Gasteiger partial charge in [-0.05, 0) is 36.2 Å². The minimum atomic E-state index is -0.943. The van der Waals surface area contributed by atoms with Crippen LogP contribution in [0.4, 0.5) is 15.8 Å². The van der Waals surface area contributed by atoms with Crippen molar-refractivity contribution in [3.63, 3.8) is 0 Å². The maximum Gasteiger partial charge on any atom is 0.306 e. The van der Waals surface area contributed by atoms with Gasteiger partial charge in [-0.2, -0.15) is 9.49 Å². The Kier molecular flexibility index (Phi) is 5.02. The fourth-order valence-electron chi connectivity index (χ4n) is 2.42. The number of amides is 1. The molecule has 0 spiro atoms. The van der Waals surface area contributed by atoms with Crippen LogP contribution in [-0.4, -0.2) is 20.6 Å². The van der Waals surface area contributed by atoms with Gasteiger partial charge in [0.2, 0.25) is 11.7 Å². The molecule has 0 fully saturated rings. The van der Waals surface area contributed by atoms with Crippen molar-refractivity contribution in [1.29, 1.82) is 0 Å². The fourth-order valence-corrected chi connectivity index (χ4v) is 2.42. The van der Waals surface area contributed by atoms with Gasteiger partial charge in [0, 0.05) is 24.4 Å². The highest BCUT2D eigenvalue weighted by atomic mass is 19.1. The van der Waals surface area contributed by atoms with E-state index in [9.17, 15) is 19.3 Å². The first kappa shape index (κ1) is 17.3. The van der Waals surface area contributed by atoms with Crippen LogP contribution in [0, 0.1) is 15.9 Å². The number of aromatic nitrogens is 2. The average molecular weight is 354 g/mol. The molecule has 1 N–H and O–H groups in total. The van der Waals surface area contributed by atoms with Crippen LogP contribution < -0.4 is 5.32 Å². The van der Waals surface area contributed by atoms with Gasteiger partial charge in [0.05, 0.1) is 16.8 Å². The third kappa shape index (κ3) is 4.10. The summed E-state index contributed by atoms with van der Waals surface area (Å²) in [6.45, 7) is 0. The van der Waals surface area contributed by atoms with Gasteiger partial charge in [0.15, 0.2) is 0 Å². The molecule has 0 aliphatic carbocycles. The van der Waals surface area contributed by atoms with Crippen molar-refractivity contribution in [3.05, 3.63) is 82.4 Å². The van der Waals surface area contributed by atoms with Crippen LogP contribution in [0.5, 0.6) is 0 Å². The number of aryl methyl sites for hydroxylation is 1. The van der Waals surface area contributed by atoms with Gasteiger partial charge >= 0.3 is 5.69 Å². The Labute approximate surface area is 148 Å². The maximum atomic E-state index is 13.3. The fraction of sp³-hybridized carbons (Fsp3) is 0.111. The number of carbonyl (C=O) groups excluding carboxylic acids is 1. The number of rotatable bonds is 6. The molecule has 1 heterocycles. The SMILES string of the molecule is O=C(CCc1cnn(-c2ccccc2)c1)Nc1ccc(F)c([N+](=O)[O-])c1. The van der Waals surface area contributed by atoms with Crippen molar-refractivity contribution in [2.24, 2.45) is 0 Å². The molecule has 0 unspecified atom stereocenters. The van der Waals surface area contributed by atoms with Gasteiger partial charge in [0.25, 0.3) is 0 Å². The predicted molar refractivity (Wildman–Crippen MR) is 93.6 cm³/mol. The largest absolute Gasteiger partial charge is 0.326 e. The van der Waals surface area contributed by atoms with E-state index in [0.717, 1.165) is 23.4 Å². The number of hydrogen-bond acceptors (Lipinski definition) is 4. The number of para-hydroxylation sites is 1. The smallest absolute Gasteiger partial charge is 0.306 e. The highest BCUT2D eigenvalue weighted by molar-refractivity contribution is 5.91. The van der Waals surface area contributed by atoms with E-state index in [2.05, 4.69) is 10.4 Å². The molecule has 26 heavy (non-hydrogen) atoms. The molecule has 0 saturated carbocycles. The Morgan fingerprint density at radius 3 is 2.73 bits per heavy atom. The molecular weight excluding hydrogens is 339 g/mol. The molecule has 0 atom stereocenters. The molecule has 0 bridgehead atoms. The summed E-state index contributed by atoms with van der Waals surface area (Å²) in [7, 11) is 0. The topological polar surface area (TPSA) is 90.1 Å². The van der Waals surface area contributed by atoms with Crippen molar-refractivity contribution in [3.8, 4) is 5.69 Å². The van der Waals surface area contributed by atoms with Crippen LogP contribution in [0.3, 0.4) is 0 Å². The summed E-state index contributed by atoms with van der Waals surface area (Å²) in [4.78, 5) is 21.9. The van der Waals surface area contributed by atoms with E-state index in [-0.39, 0.29) is 18.0 Å². The van der Waals surface area contributed by atoms with Crippen LogP contribution in [-0.2, 0) is 11.2 Å². The normalized spacial score (nSPS) is 10.5. The number of anilines is 1. The summed E-state index contributed by atoms with van der Waals surface area (Å²) in [5.74, 6) is -1.26. The van der Waals surface area contributed by atoms with E-state index in [1.807, 2.05) is 36.5 Å². The number of halogens is 1. The Balaban J connectivity index is 1.59. The number of nitrogens with zero attached hydrogens (tertiary/aromatic N) is 3. The molecule has 1 amide bonds. The van der Waals surface area contributed by atoms with E-state index < -0.39 is 16.4 Å². The lowest BCUT2D eigenvalue weighted by molar-refractivity contribution is -0.387. The van der Waals surface area contributed by atoms with E-state index in [0.29, 0.717) is 6.42 Å². The lowest BCUT2D eigenvalue weighted by Gasteiger charge is -2.05. The number of nitro benzene ring substituents is 1. The molecule has 3 aromatic rings. The molecule has 8 heteroatoms. The molecule has 0 aliphatic rings. The summed E-state index contributed by atoms with van der Waals surface area (Å²) in [6.07, 6.45) is 4.15. The maximum absolute atomic E-state index is 13.3. The van der Waals surface area contributed by atoms with Crippen LogP contribution in [0.25, 0.3) is 5.69 Å². The Hall–Kier alpha value is -3.55. The van der Waals surface area contributed by atoms with Crippen LogP contribution in [0.15, 0.2) is 60.9 Å². The third-order valence-electron chi connectivity index (χ3n) is 3.72. The minimum absolute atomic E-state index is 0.172. The number of carbonyl (C=O) groups is 1. The lowest BCUT2D eigenvalue weighted by Crippen LogP contribution is -2.12. The van der Waals surface area contributed by atoms with E-state index in [4.69, 9.17) is 0 Å². The van der Waals surface area contributed by atoms with Gasteiger partial charge < -0.3 is 5.32 Å². The quantitative estimate of drug-likeness (QED) is 0.542. The molecular formula is C18H15FN4O3. The standard InChI is InChI=1S/C18H15FN4O3/c19-16-8-7-14(10-17(16)23(25)26)21-18(24)9-6-13-11-20-22(12-13)15-4-2-1-3-5-15/h1-5,7-8,10-12H,6,9H2,(H,21,24). The van der Waals surface area contributed by atoms with Gasteiger partial charge in [-0.1, -0.05) is 18.2 Å². The van der Waals surface area contributed by atoms with Crippen molar-refractivity contribution in [2.45, 2.75) is 12.8 Å². The monoisotopic (exact) mass is 354 g/mol. The second-order valence-electron chi connectivity index (χ2n) is 5.60. The average Bonchev–Trinajstić information content (AvgIpc) is 3.11. The lowest BCUT2D eigenvalue weighted by atomic mass is 10.2. The summed E-state index contributed by atoms with van der Waals surface area (Å²) in [5.41, 5.74) is 1.31. The minimum Gasteiger partial charge on any atom is -0.326 e. The molecule has 3 rings (SSSR count). The van der Waals surface area contributed by atoms with Gasteiger partial charge in [-0.15, -0.1) is 0 Å². The first-order chi connectivity index (χ1) is 12.5. The Bertz CT molecular complexity index is 941. The summed E-state index contributed by atoms with van der Waals surface area (Å²) in [6, 6.07) is 12.8. The molecule has 132 valence electrons. The molecule has 0 aliphatic heterocycles. The van der Waals surface area contributed by atoms with Gasteiger partial charge in [-0.3, -0.25) is 14.9 Å². The number of nitro groups is 1. The van der Waals surface area contributed by atoms with Crippen molar-refractivity contribution < 1.29 is 14.1 Å². The van der Waals surface area contributed by atoms with Crippen LogP contribution in [0.2, 0.25) is 0 Å². The highest BCUT2D eigenvalue weighted by Gasteiger charge is 2.15. The Morgan fingerprint density at radius 1 is 1.23 bits per heavy atom. The van der Waals surface area contributed by atoms with Crippen molar-refractivity contribution >= 4 is 17.3 Å². The van der Waals surface area contributed by atoms with Gasteiger partial charge in [0.1, 0.15) is 0 Å². The van der Waals surface area contributed by atoms with Gasteiger partial charge in [-0.25, -0.2) is 4.68 Å². The second-order valence-corrected chi connectivity index (χ2v) is 5.60. The van der Waals surface area contributed by atoms with E-state index in [1.165, 1.54) is 6.07 Å². The summed E-state index contributed by atoms with van der Waals surface area (Å²) >= 11 is 0. The first-order valence-electron chi connectivity index (χ1n) is 7.86. The highest BCUT2D eigenvalue weighted by Crippen LogP contribution is 2.21. The number of nitrogens with one attached hydrogen (secondary N) is 1. The summed E-state index contributed by atoms with van der Waals surface area (Å²) in [5, 5.41) is 17.5. The number of hydrogen-bond donors (Lipinski definition) is 1. The first-order valence-corrected chi connectivity index (χ1v) is 7.86. The molecule has 1 aromatic heterocycles. The number of benzene rings is 2. The zero-order chi connectivity index (χ0) is 18.5. The van der Waals surface area contributed by atoms with Crippen LogP contribution >= 0.6 is 0 Å². The summed E-state index contributed by atoms with van der Waals surface area (Å²) < 4.78 is 15.0. The third-order valence-corrected chi connectivity index (χ3v) is 3.72. The van der Waals surface area contributed by atoms with Crippen molar-refractivity contribution in [2.75, 3.05) is 5.32 Å².